The molecule has 6 heteroatoms. The van der Waals surface area contributed by atoms with Crippen LogP contribution in [-0.4, -0.2) is 26.8 Å². The lowest BCUT2D eigenvalue weighted by molar-refractivity contribution is -0.144. The Morgan fingerprint density at radius 2 is 1.83 bits per heavy atom. The molecule has 1 aromatic heterocycles. The minimum absolute atomic E-state index is 0.00843. The molecule has 24 heavy (non-hydrogen) atoms. The molecule has 1 aromatic carbocycles. The van der Waals surface area contributed by atoms with Crippen molar-refractivity contribution in [1.82, 2.24) is 15.1 Å². The zero-order valence-corrected chi connectivity index (χ0v) is 13.4. The van der Waals surface area contributed by atoms with Gasteiger partial charge in [0, 0.05) is 24.9 Å². The number of rotatable bonds is 5. The lowest BCUT2D eigenvalue weighted by Gasteiger charge is -2.25. The number of nitrogens with zero attached hydrogens (tertiary/aromatic N) is 2. The number of aliphatic carboxylic acids is 1. The van der Waals surface area contributed by atoms with E-state index in [1.54, 1.807) is 10.9 Å². The van der Waals surface area contributed by atoms with Gasteiger partial charge in [-0.3, -0.25) is 9.59 Å². The van der Waals surface area contributed by atoms with Gasteiger partial charge in [-0.2, -0.15) is 5.10 Å². The third-order valence-electron chi connectivity index (χ3n) is 4.64. The number of hydrogen-bond acceptors (Lipinski definition) is 3. The van der Waals surface area contributed by atoms with Gasteiger partial charge in [0.1, 0.15) is 0 Å². The van der Waals surface area contributed by atoms with Gasteiger partial charge >= 0.3 is 5.97 Å². The average molecular weight is 327 g/mol. The molecule has 1 amide bonds. The van der Waals surface area contributed by atoms with E-state index in [1.165, 1.54) is 0 Å². The number of carbonyl (C=O) groups excluding carboxylic acids is 1. The van der Waals surface area contributed by atoms with Gasteiger partial charge in [0.15, 0.2) is 0 Å². The molecule has 6 nitrogen and oxygen atoms in total. The Kier molecular flexibility index (Phi) is 4.93. The molecule has 0 atom stereocenters. The second-order valence-corrected chi connectivity index (χ2v) is 6.18. The van der Waals surface area contributed by atoms with Gasteiger partial charge in [0.25, 0.3) is 0 Å². The smallest absolute Gasteiger partial charge is 0.306 e. The fourth-order valence-corrected chi connectivity index (χ4v) is 3.22. The molecule has 2 aromatic rings. The second-order valence-electron chi connectivity index (χ2n) is 6.18. The van der Waals surface area contributed by atoms with E-state index in [0.29, 0.717) is 32.2 Å². The first-order valence-electron chi connectivity index (χ1n) is 8.23. The van der Waals surface area contributed by atoms with Crippen LogP contribution in [0.4, 0.5) is 0 Å². The van der Waals surface area contributed by atoms with Gasteiger partial charge in [-0.1, -0.05) is 18.2 Å². The summed E-state index contributed by atoms with van der Waals surface area (Å²) in [6.45, 7) is 0.438. The first-order valence-corrected chi connectivity index (χ1v) is 8.23. The number of carboxylic acid groups (broad SMARTS) is 1. The molecule has 1 saturated carbocycles. The molecule has 3 rings (SSSR count). The van der Waals surface area contributed by atoms with Gasteiger partial charge in [-0.05, 0) is 43.4 Å². The van der Waals surface area contributed by atoms with Gasteiger partial charge in [-0.15, -0.1) is 0 Å². The fourth-order valence-electron chi connectivity index (χ4n) is 3.22. The van der Waals surface area contributed by atoms with Crippen molar-refractivity contribution in [3.8, 4) is 5.69 Å². The van der Waals surface area contributed by atoms with Crippen LogP contribution in [0, 0.1) is 11.8 Å². The van der Waals surface area contributed by atoms with Crippen molar-refractivity contribution in [3.05, 3.63) is 48.3 Å². The van der Waals surface area contributed by atoms with Crippen LogP contribution in [-0.2, 0) is 16.1 Å². The van der Waals surface area contributed by atoms with Crippen LogP contribution < -0.4 is 5.32 Å². The minimum atomic E-state index is -0.748. The number of amides is 1. The van der Waals surface area contributed by atoms with Crippen LogP contribution in [0.1, 0.15) is 31.2 Å². The zero-order valence-electron chi connectivity index (χ0n) is 13.4. The predicted molar refractivity (Wildman–Crippen MR) is 88.5 cm³/mol. The summed E-state index contributed by atoms with van der Waals surface area (Å²) in [5.74, 6) is -1.12. The summed E-state index contributed by atoms with van der Waals surface area (Å²) in [4.78, 5) is 23.3. The maximum Gasteiger partial charge on any atom is 0.306 e. The number of para-hydroxylation sites is 1. The third kappa shape index (κ3) is 3.64. The topological polar surface area (TPSA) is 84.2 Å². The van der Waals surface area contributed by atoms with Crippen LogP contribution >= 0.6 is 0 Å². The Morgan fingerprint density at radius 3 is 2.50 bits per heavy atom. The molecule has 1 heterocycles. The fraction of sp³-hybridized carbons (Fsp3) is 0.389. The molecule has 0 radical (unpaired) electrons. The quantitative estimate of drug-likeness (QED) is 0.883. The highest BCUT2D eigenvalue weighted by Crippen LogP contribution is 2.29. The van der Waals surface area contributed by atoms with E-state index in [9.17, 15) is 9.59 Å². The van der Waals surface area contributed by atoms with Crippen molar-refractivity contribution < 1.29 is 14.7 Å². The van der Waals surface area contributed by atoms with Crippen molar-refractivity contribution >= 4 is 11.9 Å². The molecule has 2 N–H and O–H groups in total. The van der Waals surface area contributed by atoms with Crippen LogP contribution in [0.2, 0.25) is 0 Å². The summed E-state index contributed by atoms with van der Waals surface area (Å²) < 4.78 is 1.78. The minimum Gasteiger partial charge on any atom is -0.481 e. The van der Waals surface area contributed by atoms with Crippen molar-refractivity contribution in [2.24, 2.45) is 11.8 Å². The first kappa shape index (κ1) is 16.2. The Labute approximate surface area is 140 Å². The Morgan fingerprint density at radius 1 is 1.12 bits per heavy atom. The van der Waals surface area contributed by atoms with E-state index in [4.69, 9.17) is 5.11 Å². The summed E-state index contributed by atoms with van der Waals surface area (Å²) in [6, 6.07) is 9.67. The van der Waals surface area contributed by atoms with Crippen molar-refractivity contribution in [1.29, 1.82) is 0 Å². The number of nitrogens with one attached hydrogen (secondary N) is 1. The van der Waals surface area contributed by atoms with E-state index < -0.39 is 5.97 Å². The molecule has 1 aliphatic rings. The summed E-state index contributed by atoms with van der Waals surface area (Å²) in [5, 5.41) is 16.3. The van der Waals surface area contributed by atoms with Crippen molar-refractivity contribution in [2.45, 2.75) is 32.2 Å². The summed E-state index contributed by atoms with van der Waals surface area (Å²) in [5.41, 5.74) is 1.94. The SMILES string of the molecule is O=C(O)C1CCC(C(=O)NCc2ccccc2-n2cccn2)CC1. The molecule has 0 bridgehead atoms. The van der Waals surface area contributed by atoms with E-state index in [0.717, 1.165) is 11.3 Å². The molecule has 0 spiro atoms. The molecule has 0 unspecified atom stereocenters. The number of aromatic nitrogens is 2. The molecule has 1 aliphatic carbocycles. The number of carbonyl (C=O) groups is 2. The lowest BCUT2D eigenvalue weighted by atomic mass is 9.81. The van der Waals surface area contributed by atoms with Crippen LogP contribution in [0.3, 0.4) is 0 Å². The Hall–Kier alpha value is -2.63. The largest absolute Gasteiger partial charge is 0.481 e. The van der Waals surface area contributed by atoms with Crippen molar-refractivity contribution in [3.63, 3.8) is 0 Å². The van der Waals surface area contributed by atoms with Gasteiger partial charge in [0.2, 0.25) is 5.91 Å². The first-order chi connectivity index (χ1) is 11.6. The normalized spacial score (nSPS) is 20.5. The highest BCUT2D eigenvalue weighted by Gasteiger charge is 2.29. The molecule has 0 aliphatic heterocycles. The molecule has 0 saturated heterocycles. The van der Waals surface area contributed by atoms with Crippen molar-refractivity contribution in [2.75, 3.05) is 0 Å². The third-order valence-corrected chi connectivity index (χ3v) is 4.64. The lowest BCUT2D eigenvalue weighted by Crippen LogP contribution is -2.34. The summed E-state index contributed by atoms with van der Waals surface area (Å²) in [7, 11) is 0. The number of carboxylic acids is 1. The molecule has 1 fully saturated rings. The van der Waals surface area contributed by atoms with Gasteiger partial charge in [0.05, 0.1) is 11.6 Å². The zero-order chi connectivity index (χ0) is 16.9. The molecular formula is C18H21N3O3. The van der Waals surface area contributed by atoms with E-state index in [2.05, 4.69) is 10.4 Å². The van der Waals surface area contributed by atoms with E-state index in [-0.39, 0.29) is 17.7 Å². The highest BCUT2D eigenvalue weighted by atomic mass is 16.4. The predicted octanol–water partition coefficient (Wildman–Crippen LogP) is 2.38. The van der Waals surface area contributed by atoms with E-state index in [1.807, 2.05) is 36.5 Å². The average Bonchev–Trinajstić information content (AvgIpc) is 3.14. The standard InChI is InChI=1S/C18H21N3O3/c22-17(13-6-8-14(9-7-13)18(23)24)19-12-15-4-1-2-5-16(15)21-11-3-10-20-21/h1-5,10-11,13-14H,6-9,12H2,(H,19,22)(H,23,24). The van der Waals surface area contributed by atoms with Gasteiger partial charge in [-0.25, -0.2) is 4.68 Å². The molecule has 126 valence electrons. The number of benzene rings is 1. The summed E-state index contributed by atoms with van der Waals surface area (Å²) in [6.07, 6.45) is 6.03. The van der Waals surface area contributed by atoms with Gasteiger partial charge < -0.3 is 10.4 Å². The summed E-state index contributed by atoms with van der Waals surface area (Å²) >= 11 is 0. The van der Waals surface area contributed by atoms with E-state index >= 15 is 0 Å². The number of hydrogen-bond donors (Lipinski definition) is 2. The Balaban J connectivity index is 1.59. The molecular weight excluding hydrogens is 306 g/mol. The second kappa shape index (κ2) is 7.29. The monoisotopic (exact) mass is 327 g/mol. The Bertz CT molecular complexity index is 704. The van der Waals surface area contributed by atoms with Crippen LogP contribution in [0.25, 0.3) is 5.69 Å². The maximum atomic E-state index is 12.4. The highest BCUT2D eigenvalue weighted by molar-refractivity contribution is 5.79. The van der Waals surface area contributed by atoms with Crippen LogP contribution in [0.15, 0.2) is 42.7 Å². The maximum absolute atomic E-state index is 12.4. The van der Waals surface area contributed by atoms with Crippen LogP contribution in [0.5, 0.6) is 0 Å².